The Bertz CT molecular complexity index is 693. The van der Waals surface area contributed by atoms with Gasteiger partial charge in [-0.05, 0) is 79.4 Å². The van der Waals surface area contributed by atoms with Gasteiger partial charge < -0.3 is 15.0 Å². The lowest BCUT2D eigenvalue weighted by atomic mass is 9.49. The Kier molecular flexibility index (Phi) is 5.35. The van der Waals surface area contributed by atoms with Gasteiger partial charge in [0.2, 0.25) is 11.8 Å². The zero-order chi connectivity index (χ0) is 19.7. The fourth-order valence-corrected chi connectivity index (χ4v) is 6.31. The van der Waals surface area contributed by atoms with Gasteiger partial charge in [0.05, 0.1) is 13.7 Å². The summed E-state index contributed by atoms with van der Waals surface area (Å²) < 4.78 is 5.16. The first-order valence-electron chi connectivity index (χ1n) is 10.6. The van der Waals surface area contributed by atoms with Crippen molar-refractivity contribution in [3.05, 3.63) is 29.8 Å². The summed E-state index contributed by atoms with van der Waals surface area (Å²) in [6.07, 6.45) is 8.42. The molecule has 0 aromatic heterocycles. The molecule has 152 valence electrons. The highest BCUT2D eigenvalue weighted by Crippen LogP contribution is 2.61. The average Bonchev–Trinajstić information content (AvgIpc) is 2.65. The van der Waals surface area contributed by atoms with E-state index in [1.807, 2.05) is 24.3 Å². The van der Waals surface area contributed by atoms with Crippen molar-refractivity contribution in [1.29, 1.82) is 0 Å². The fraction of sp³-hybridized carbons (Fsp3) is 0.652. The van der Waals surface area contributed by atoms with Gasteiger partial charge >= 0.3 is 0 Å². The van der Waals surface area contributed by atoms with E-state index in [9.17, 15) is 9.59 Å². The molecule has 1 aromatic carbocycles. The second-order valence-corrected chi connectivity index (χ2v) is 9.47. The summed E-state index contributed by atoms with van der Waals surface area (Å²) in [6.45, 7) is 0.603. The molecule has 0 saturated heterocycles. The van der Waals surface area contributed by atoms with Crippen LogP contribution in [0.25, 0.3) is 0 Å². The van der Waals surface area contributed by atoms with Gasteiger partial charge in [-0.2, -0.15) is 0 Å². The number of carbonyl (C=O) groups is 2. The van der Waals surface area contributed by atoms with Crippen LogP contribution in [0.3, 0.4) is 0 Å². The summed E-state index contributed by atoms with van der Waals surface area (Å²) in [5, 5.41) is 2.89. The van der Waals surface area contributed by atoms with Gasteiger partial charge in [0.15, 0.2) is 0 Å². The number of likely N-dealkylation sites (N-methyl/N-ethyl adjacent to an activating group) is 1. The third-order valence-electron chi connectivity index (χ3n) is 7.14. The molecule has 4 aliphatic carbocycles. The number of carbonyl (C=O) groups excluding carboxylic acids is 2. The Morgan fingerprint density at radius 1 is 1.07 bits per heavy atom. The monoisotopic (exact) mass is 384 g/mol. The molecular formula is C23H32N2O3. The number of nitrogens with one attached hydrogen (secondary N) is 1. The predicted molar refractivity (Wildman–Crippen MR) is 108 cm³/mol. The molecule has 2 amide bonds. The standard InChI is InChI=1S/C23H32N2O3/c1-25(15-16-3-5-20(28-2)6-4-16)22(27)14-24-21(26)13-23-10-17-7-18(11-23)9-19(8-17)12-23/h3-6,17-19H,7-15H2,1-2H3,(H,24,26). The Labute approximate surface area is 167 Å². The molecule has 4 aliphatic rings. The van der Waals surface area contributed by atoms with Crippen molar-refractivity contribution in [2.24, 2.45) is 23.2 Å². The molecule has 5 nitrogen and oxygen atoms in total. The lowest BCUT2D eigenvalue weighted by Crippen LogP contribution is -2.48. The third kappa shape index (κ3) is 4.18. The molecule has 0 spiro atoms. The topological polar surface area (TPSA) is 58.6 Å². The minimum atomic E-state index is -0.0605. The maximum atomic E-state index is 12.6. The molecular weight excluding hydrogens is 352 g/mol. The Balaban J connectivity index is 1.24. The highest BCUT2D eigenvalue weighted by molar-refractivity contribution is 5.84. The fourth-order valence-electron chi connectivity index (χ4n) is 6.31. The van der Waals surface area contributed by atoms with Crippen molar-refractivity contribution in [1.82, 2.24) is 10.2 Å². The summed E-state index contributed by atoms with van der Waals surface area (Å²) in [5.41, 5.74) is 1.26. The van der Waals surface area contributed by atoms with E-state index in [0.29, 0.717) is 13.0 Å². The SMILES string of the molecule is COc1ccc(CN(C)C(=O)CNC(=O)CC23CC4CC(CC(C4)C2)C3)cc1. The molecule has 4 saturated carbocycles. The Hall–Kier alpha value is -2.04. The molecule has 28 heavy (non-hydrogen) atoms. The zero-order valence-electron chi connectivity index (χ0n) is 17.1. The molecule has 0 aliphatic heterocycles. The van der Waals surface area contributed by atoms with Crippen LogP contribution in [0, 0.1) is 23.2 Å². The van der Waals surface area contributed by atoms with Gasteiger partial charge in [0.1, 0.15) is 5.75 Å². The number of nitrogens with zero attached hydrogens (tertiary/aromatic N) is 1. The van der Waals surface area contributed by atoms with Gasteiger partial charge in [-0.1, -0.05) is 12.1 Å². The quantitative estimate of drug-likeness (QED) is 0.784. The second-order valence-electron chi connectivity index (χ2n) is 9.47. The maximum Gasteiger partial charge on any atom is 0.242 e. The van der Waals surface area contributed by atoms with Crippen LogP contribution in [0.1, 0.15) is 50.5 Å². The van der Waals surface area contributed by atoms with E-state index in [0.717, 1.165) is 29.1 Å². The van der Waals surface area contributed by atoms with Crippen LogP contribution in [0.5, 0.6) is 5.75 Å². The molecule has 0 heterocycles. The van der Waals surface area contributed by atoms with Crippen LogP contribution in [0.2, 0.25) is 0 Å². The minimum absolute atomic E-state index is 0.0492. The number of benzene rings is 1. The van der Waals surface area contributed by atoms with E-state index in [4.69, 9.17) is 4.74 Å². The van der Waals surface area contributed by atoms with Crippen LogP contribution in [0.15, 0.2) is 24.3 Å². The number of hydrogen-bond acceptors (Lipinski definition) is 3. The summed E-state index contributed by atoms with van der Waals surface area (Å²) in [5.74, 6) is 3.32. The Morgan fingerprint density at radius 3 is 2.18 bits per heavy atom. The van der Waals surface area contributed by atoms with Crippen LogP contribution in [-0.4, -0.2) is 37.4 Å². The van der Waals surface area contributed by atoms with Gasteiger partial charge in [-0.3, -0.25) is 9.59 Å². The van der Waals surface area contributed by atoms with Crippen LogP contribution in [-0.2, 0) is 16.1 Å². The van der Waals surface area contributed by atoms with E-state index >= 15 is 0 Å². The molecule has 0 radical (unpaired) electrons. The molecule has 0 atom stereocenters. The normalized spacial score (nSPS) is 30.1. The molecule has 5 heteroatoms. The third-order valence-corrected chi connectivity index (χ3v) is 7.14. The lowest BCUT2D eigenvalue weighted by molar-refractivity contribution is -0.135. The number of rotatable bonds is 7. The first-order chi connectivity index (χ1) is 13.4. The number of ether oxygens (including phenoxy) is 1. The van der Waals surface area contributed by atoms with Gasteiger partial charge in [-0.15, -0.1) is 0 Å². The van der Waals surface area contributed by atoms with Crippen molar-refractivity contribution in [3.63, 3.8) is 0 Å². The molecule has 1 N–H and O–H groups in total. The van der Waals surface area contributed by atoms with Gasteiger partial charge in [0, 0.05) is 20.0 Å². The zero-order valence-corrected chi connectivity index (χ0v) is 17.1. The van der Waals surface area contributed by atoms with Crippen LogP contribution in [0.4, 0.5) is 0 Å². The predicted octanol–water partition coefficient (Wildman–Crippen LogP) is 3.38. The molecule has 1 aromatic rings. The van der Waals surface area contributed by atoms with Crippen LogP contribution < -0.4 is 10.1 Å². The summed E-state index contributed by atoms with van der Waals surface area (Å²) in [4.78, 5) is 26.7. The average molecular weight is 385 g/mol. The van der Waals surface area contributed by atoms with E-state index < -0.39 is 0 Å². The first-order valence-corrected chi connectivity index (χ1v) is 10.6. The highest BCUT2D eigenvalue weighted by atomic mass is 16.5. The van der Waals surface area contributed by atoms with Crippen molar-refractivity contribution >= 4 is 11.8 Å². The lowest BCUT2D eigenvalue weighted by Gasteiger charge is -2.56. The largest absolute Gasteiger partial charge is 0.497 e. The molecule has 4 fully saturated rings. The van der Waals surface area contributed by atoms with E-state index in [1.165, 1.54) is 38.5 Å². The second kappa shape index (κ2) is 7.76. The summed E-state index contributed by atoms with van der Waals surface area (Å²) >= 11 is 0. The first kappa shape index (κ1) is 19.3. The number of hydrogen-bond donors (Lipinski definition) is 1. The van der Waals surface area contributed by atoms with Crippen molar-refractivity contribution in [3.8, 4) is 5.75 Å². The van der Waals surface area contributed by atoms with Crippen molar-refractivity contribution in [2.75, 3.05) is 20.7 Å². The molecule has 4 bridgehead atoms. The van der Waals surface area contributed by atoms with Gasteiger partial charge in [0.25, 0.3) is 0 Å². The van der Waals surface area contributed by atoms with Crippen LogP contribution >= 0.6 is 0 Å². The summed E-state index contributed by atoms with van der Waals surface area (Å²) in [6, 6.07) is 7.68. The smallest absolute Gasteiger partial charge is 0.242 e. The van der Waals surface area contributed by atoms with E-state index in [1.54, 1.807) is 19.1 Å². The number of methoxy groups -OCH3 is 1. The van der Waals surface area contributed by atoms with E-state index in [-0.39, 0.29) is 23.8 Å². The van der Waals surface area contributed by atoms with E-state index in [2.05, 4.69) is 5.32 Å². The summed E-state index contributed by atoms with van der Waals surface area (Å²) in [7, 11) is 3.41. The van der Waals surface area contributed by atoms with Gasteiger partial charge in [-0.25, -0.2) is 0 Å². The van der Waals surface area contributed by atoms with Crippen molar-refractivity contribution < 1.29 is 14.3 Å². The molecule has 5 rings (SSSR count). The Morgan fingerprint density at radius 2 is 1.64 bits per heavy atom. The molecule has 0 unspecified atom stereocenters. The highest BCUT2D eigenvalue weighted by Gasteiger charge is 2.51. The maximum absolute atomic E-state index is 12.6. The minimum Gasteiger partial charge on any atom is -0.497 e. The number of amides is 2. The van der Waals surface area contributed by atoms with Crippen molar-refractivity contribution in [2.45, 2.75) is 51.5 Å².